The van der Waals surface area contributed by atoms with E-state index in [9.17, 15) is 5.11 Å². The van der Waals surface area contributed by atoms with Crippen LogP contribution in [0.15, 0.2) is 53.4 Å². The molecule has 0 atom stereocenters. The first-order chi connectivity index (χ1) is 10.3. The largest absolute Gasteiger partial charge is 0.508 e. The molecule has 2 N–H and O–H groups in total. The summed E-state index contributed by atoms with van der Waals surface area (Å²) in [6, 6.07) is 15.9. The highest BCUT2D eigenvalue weighted by Gasteiger charge is 1.99. The number of phenolic OH excluding ortho intramolecular Hbond substituents is 1. The summed E-state index contributed by atoms with van der Waals surface area (Å²) < 4.78 is 5.02. The molecule has 0 aliphatic rings. The van der Waals surface area contributed by atoms with Crippen LogP contribution in [0.3, 0.4) is 0 Å². The van der Waals surface area contributed by atoms with Gasteiger partial charge in [0, 0.05) is 30.8 Å². The number of ether oxygens (including phenoxy) is 1. The average molecular weight is 303 g/mol. The van der Waals surface area contributed by atoms with Crippen molar-refractivity contribution < 1.29 is 9.84 Å². The third-order valence-corrected chi connectivity index (χ3v) is 4.12. The molecule has 0 spiro atoms. The van der Waals surface area contributed by atoms with Crippen molar-refractivity contribution in [2.24, 2.45) is 0 Å². The molecule has 0 aliphatic heterocycles. The van der Waals surface area contributed by atoms with E-state index < -0.39 is 0 Å². The zero-order valence-corrected chi connectivity index (χ0v) is 13.0. The van der Waals surface area contributed by atoms with Gasteiger partial charge in [-0.1, -0.05) is 24.3 Å². The van der Waals surface area contributed by atoms with E-state index in [-0.39, 0.29) is 0 Å². The second-order valence-corrected chi connectivity index (χ2v) is 5.82. The fourth-order valence-electron chi connectivity index (χ4n) is 1.91. The molecule has 0 amide bonds. The van der Waals surface area contributed by atoms with Crippen LogP contribution in [0.5, 0.6) is 5.75 Å². The van der Waals surface area contributed by atoms with Crippen molar-refractivity contribution in [1.29, 1.82) is 0 Å². The molecule has 4 heteroatoms. The minimum absolute atomic E-state index is 0.313. The number of hydrogen-bond acceptors (Lipinski definition) is 4. The van der Waals surface area contributed by atoms with Gasteiger partial charge in [-0.25, -0.2) is 0 Å². The molecule has 0 saturated carbocycles. The monoisotopic (exact) mass is 303 g/mol. The predicted octanol–water partition coefficient (Wildman–Crippen LogP) is 3.42. The van der Waals surface area contributed by atoms with E-state index in [2.05, 4.69) is 29.6 Å². The van der Waals surface area contributed by atoms with Gasteiger partial charge in [0.15, 0.2) is 0 Å². The predicted molar refractivity (Wildman–Crippen MR) is 87.7 cm³/mol. The zero-order chi connectivity index (χ0) is 14.9. The molecule has 0 unspecified atom stereocenters. The summed E-state index contributed by atoms with van der Waals surface area (Å²) in [7, 11) is 1.71. The lowest BCUT2D eigenvalue weighted by molar-refractivity contribution is 0.199. The number of thioether (sulfide) groups is 1. The van der Waals surface area contributed by atoms with E-state index in [4.69, 9.17) is 4.74 Å². The number of rotatable bonds is 8. The minimum Gasteiger partial charge on any atom is -0.508 e. The Morgan fingerprint density at radius 3 is 2.67 bits per heavy atom. The first kappa shape index (κ1) is 15.9. The first-order valence-electron chi connectivity index (χ1n) is 6.97. The Balaban J connectivity index is 1.84. The van der Waals surface area contributed by atoms with E-state index in [1.165, 1.54) is 16.0 Å². The van der Waals surface area contributed by atoms with Gasteiger partial charge in [-0.05, 0) is 35.4 Å². The van der Waals surface area contributed by atoms with Crippen molar-refractivity contribution in [2.45, 2.75) is 17.2 Å². The van der Waals surface area contributed by atoms with Crippen LogP contribution in [0, 0.1) is 0 Å². The van der Waals surface area contributed by atoms with Crippen LogP contribution in [0.4, 0.5) is 0 Å². The van der Waals surface area contributed by atoms with Gasteiger partial charge >= 0.3 is 0 Å². The van der Waals surface area contributed by atoms with Crippen LogP contribution < -0.4 is 5.32 Å². The Morgan fingerprint density at radius 1 is 1.10 bits per heavy atom. The van der Waals surface area contributed by atoms with E-state index >= 15 is 0 Å². The van der Waals surface area contributed by atoms with Gasteiger partial charge < -0.3 is 15.2 Å². The van der Waals surface area contributed by atoms with E-state index in [1.54, 1.807) is 31.0 Å². The van der Waals surface area contributed by atoms with Crippen LogP contribution >= 0.6 is 11.8 Å². The minimum atomic E-state index is 0.313. The van der Waals surface area contributed by atoms with Gasteiger partial charge in [0.05, 0.1) is 6.61 Å². The van der Waals surface area contributed by atoms with Gasteiger partial charge in [-0.15, -0.1) is 11.8 Å². The summed E-state index contributed by atoms with van der Waals surface area (Å²) in [6.07, 6.45) is 0. The van der Waals surface area contributed by atoms with Crippen LogP contribution in [-0.2, 0) is 17.0 Å². The maximum Gasteiger partial charge on any atom is 0.115 e. The van der Waals surface area contributed by atoms with Crippen molar-refractivity contribution in [3.05, 3.63) is 59.7 Å². The maximum absolute atomic E-state index is 9.28. The summed E-state index contributed by atoms with van der Waals surface area (Å²) in [6.45, 7) is 2.45. The van der Waals surface area contributed by atoms with Crippen molar-refractivity contribution in [1.82, 2.24) is 5.32 Å². The molecule has 112 valence electrons. The number of hydrogen-bond donors (Lipinski definition) is 2. The number of nitrogens with one attached hydrogen (secondary N) is 1. The molecule has 0 aromatic heterocycles. The highest BCUT2D eigenvalue weighted by molar-refractivity contribution is 7.98. The number of methoxy groups -OCH3 is 1. The van der Waals surface area contributed by atoms with Crippen molar-refractivity contribution in [3.63, 3.8) is 0 Å². The van der Waals surface area contributed by atoms with Crippen molar-refractivity contribution in [2.75, 3.05) is 20.3 Å². The molecule has 0 bridgehead atoms. The van der Waals surface area contributed by atoms with Gasteiger partial charge in [0.2, 0.25) is 0 Å². The van der Waals surface area contributed by atoms with Gasteiger partial charge in [-0.3, -0.25) is 0 Å². The molecule has 0 saturated heterocycles. The first-order valence-corrected chi connectivity index (χ1v) is 7.96. The quantitative estimate of drug-likeness (QED) is 0.579. The molecule has 0 heterocycles. The highest BCUT2D eigenvalue weighted by atomic mass is 32.2. The molecule has 21 heavy (non-hydrogen) atoms. The summed E-state index contributed by atoms with van der Waals surface area (Å²) in [5, 5.41) is 12.6. The molecule has 2 aromatic rings. The fraction of sp³-hybridized carbons (Fsp3) is 0.294. The summed E-state index contributed by atoms with van der Waals surface area (Å²) in [5.41, 5.74) is 2.49. The molecular formula is C17H21NO2S. The normalized spacial score (nSPS) is 10.7. The van der Waals surface area contributed by atoms with Gasteiger partial charge in [0.25, 0.3) is 0 Å². The Morgan fingerprint density at radius 2 is 1.90 bits per heavy atom. The zero-order valence-electron chi connectivity index (χ0n) is 12.2. The van der Waals surface area contributed by atoms with E-state index in [0.29, 0.717) is 5.75 Å². The van der Waals surface area contributed by atoms with Gasteiger partial charge in [0.1, 0.15) is 5.75 Å². The van der Waals surface area contributed by atoms with Gasteiger partial charge in [-0.2, -0.15) is 0 Å². The standard InChI is InChI=1S/C17H21NO2S/c1-20-10-9-18-12-15-3-2-4-17(11-15)21-13-14-5-7-16(19)8-6-14/h2-8,11,18-19H,9-10,12-13H2,1H3. The second kappa shape index (κ2) is 8.72. The Kier molecular flexibility index (Phi) is 6.60. The molecule has 3 nitrogen and oxygen atoms in total. The average Bonchev–Trinajstić information content (AvgIpc) is 2.52. The Hall–Kier alpha value is -1.49. The molecule has 0 fully saturated rings. The lowest BCUT2D eigenvalue weighted by atomic mass is 10.2. The molecule has 0 radical (unpaired) electrons. The van der Waals surface area contributed by atoms with Crippen LogP contribution in [0.25, 0.3) is 0 Å². The van der Waals surface area contributed by atoms with Crippen LogP contribution in [0.2, 0.25) is 0 Å². The number of phenols is 1. The van der Waals surface area contributed by atoms with E-state index in [0.717, 1.165) is 25.4 Å². The third kappa shape index (κ3) is 5.79. The van der Waals surface area contributed by atoms with Crippen LogP contribution in [0.1, 0.15) is 11.1 Å². The highest BCUT2D eigenvalue weighted by Crippen LogP contribution is 2.24. The Labute approximate surface area is 130 Å². The lowest BCUT2D eigenvalue weighted by Gasteiger charge is -2.07. The van der Waals surface area contributed by atoms with Crippen LogP contribution in [-0.4, -0.2) is 25.4 Å². The summed E-state index contributed by atoms with van der Waals surface area (Å²) in [5.74, 6) is 1.22. The third-order valence-electron chi connectivity index (χ3n) is 3.05. The molecule has 2 aromatic carbocycles. The summed E-state index contributed by atoms with van der Waals surface area (Å²) >= 11 is 1.80. The van der Waals surface area contributed by atoms with Crippen molar-refractivity contribution in [3.8, 4) is 5.75 Å². The smallest absolute Gasteiger partial charge is 0.115 e. The molecule has 0 aliphatic carbocycles. The Bertz CT molecular complexity index is 543. The molecule has 2 rings (SSSR count). The SMILES string of the molecule is COCCNCc1cccc(SCc2ccc(O)cc2)c1. The summed E-state index contributed by atoms with van der Waals surface area (Å²) in [4.78, 5) is 1.26. The maximum atomic E-state index is 9.28. The molecular weight excluding hydrogens is 282 g/mol. The van der Waals surface area contributed by atoms with Crippen molar-refractivity contribution >= 4 is 11.8 Å². The topological polar surface area (TPSA) is 41.5 Å². The second-order valence-electron chi connectivity index (χ2n) is 4.77. The van der Waals surface area contributed by atoms with E-state index in [1.807, 2.05) is 12.1 Å². The number of benzene rings is 2. The number of aromatic hydroxyl groups is 1. The lowest BCUT2D eigenvalue weighted by Crippen LogP contribution is -2.18. The fourth-order valence-corrected chi connectivity index (χ4v) is 2.85.